The number of Topliss-reactive ketones (excluding diaryl/α,β-unsaturated/α-hetero) is 1. The van der Waals surface area contributed by atoms with Crippen LogP contribution in [0.2, 0.25) is 0 Å². The van der Waals surface area contributed by atoms with Crippen molar-refractivity contribution in [2.24, 2.45) is 0 Å². The van der Waals surface area contributed by atoms with Crippen LogP contribution in [-0.4, -0.2) is 15.8 Å². The molecule has 0 unspecified atom stereocenters. The van der Waals surface area contributed by atoms with E-state index in [1.54, 1.807) is 13.0 Å². The van der Waals surface area contributed by atoms with E-state index in [9.17, 15) is 9.18 Å². The summed E-state index contributed by atoms with van der Waals surface area (Å²) in [6, 6.07) is 4.57. The Balaban J connectivity index is 2.42. The molecule has 0 saturated carbocycles. The summed E-state index contributed by atoms with van der Waals surface area (Å²) in [4.78, 5) is 19.1. The van der Waals surface area contributed by atoms with E-state index in [4.69, 9.17) is 10.5 Å². The molecule has 1 heterocycles. The highest BCUT2D eigenvalue weighted by Crippen LogP contribution is 2.28. The van der Waals surface area contributed by atoms with Crippen molar-refractivity contribution in [1.29, 1.82) is 0 Å². The van der Waals surface area contributed by atoms with Gasteiger partial charge in [0.25, 0.3) is 5.88 Å². The maximum absolute atomic E-state index is 14.0. The van der Waals surface area contributed by atoms with Gasteiger partial charge >= 0.3 is 0 Å². The van der Waals surface area contributed by atoms with Gasteiger partial charge in [-0.15, -0.1) is 0 Å². The minimum atomic E-state index is -0.624. The molecule has 2 aromatic rings. The highest BCUT2D eigenvalue weighted by atomic mass is 19.1. The Bertz CT molecular complexity index is 659. The molecule has 0 aliphatic heterocycles. The van der Waals surface area contributed by atoms with E-state index in [-0.39, 0.29) is 28.7 Å². The van der Waals surface area contributed by atoms with E-state index in [0.717, 1.165) is 0 Å². The molecule has 0 atom stereocenters. The lowest BCUT2D eigenvalue weighted by molar-refractivity contribution is 0.101. The molecule has 1 aromatic heterocycles. The van der Waals surface area contributed by atoms with Crippen molar-refractivity contribution < 1.29 is 13.9 Å². The summed E-state index contributed by atoms with van der Waals surface area (Å²) in [6.07, 6.45) is 1.65. The molecule has 0 aliphatic carbocycles. The van der Waals surface area contributed by atoms with Gasteiger partial charge in [0.15, 0.2) is 5.78 Å². The number of rotatable bonds is 4. The summed E-state index contributed by atoms with van der Waals surface area (Å²) >= 11 is 0. The average Bonchev–Trinajstić information content (AvgIpc) is 2.42. The summed E-state index contributed by atoms with van der Waals surface area (Å²) < 4.78 is 19.4. The van der Waals surface area contributed by atoms with Crippen molar-refractivity contribution in [3.63, 3.8) is 0 Å². The van der Waals surface area contributed by atoms with Crippen LogP contribution in [0.15, 0.2) is 24.5 Å². The third kappa shape index (κ3) is 2.74. The largest absolute Gasteiger partial charge is 0.436 e. The molecule has 0 saturated heterocycles. The van der Waals surface area contributed by atoms with Crippen molar-refractivity contribution in [1.82, 2.24) is 9.97 Å². The Kier molecular flexibility index (Phi) is 3.93. The van der Waals surface area contributed by atoms with Gasteiger partial charge < -0.3 is 10.5 Å². The first kappa shape index (κ1) is 13.9. The second kappa shape index (κ2) is 5.64. The monoisotopic (exact) mass is 275 g/mol. The average molecular weight is 275 g/mol. The highest BCUT2D eigenvalue weighted by molar-refractivity contribution is 5.97. The molecular formula is C14H14FN3O2. The third-order valence-corrected chi connectivity index (χ3v) is 2.75. The number of hydrogen-bond acceptors (Lipinski definition) is 5. The lowest BCUT2D eigenvalue weighted by Crippen LogP contribution is -2.03. The van der Waals surface area contributed by atoms with Gasteiger partial charge in [-0.2, -0.15) is 9.37 Å². The van der Waals surface area contributed by atoms with Crippen LogP contribution in [0.5, 0.6) is 11.6 Å². The van der Waals surface area contributed by atoms with Crippen LogP contribution in [0.25, 0.3) is 0 Å². The Morgan fingerprint density at radius 2 is 2.15 bits per heavy atom. The molecule has 2 N–H and O–H groups in total. The van der Waals surface area contributed by atoms with Gasteiger partial charge in [-0.3, -0.25) is 4.79 Å². The number of nitrogen functional groups attached to an aromatic ring is 1. The normalized spacial score (nSPS) is 10.3. The number of aryl methyl sites for hydroxylation is 1. The first-order valence-corrected chi connectivity index (χ1v) is 6.10. The van der Waals surface area contributed by atoms with Crippen molar-refractivity contribution >= 4 is 11.5 Å². The number of aromatic nitrogens is 2. The second-order valence-electron chi connectivity index (χ2n) is 4.21. The smallest absolute Gasteiger partial charge is 0.259 e. The predicted octanol–water partition coefficient (Wildman–Crippen LogP) is 2.76. The van der Waals surface area contributed by atoms with Gasteiger partial charge in [-0.05, 0) is 31.5 Å². The van der Waals surface area contributed by atoms with Crippen molar-refractivity contribution in [2.45, 2.75) is 20.3 Å². The number of nitrogens with zero attached hydrogens (tertiary/aromatic N) is 2. The molecule has 5 nitrogen and oxygen atoms in total. The number of carbonyl (C=O) groups excluding carboxylic acids is 1. The summed E-state index contributed by atoms with van der Waals surface area (Å²) in [5.41, 5.74) is 6.60. The standard InChI is InChI=1S/C14H14FN3O2/c1-3-11-13(15)14(18-7-17-11)20-12-5-4-9(16)6-10(12)8(2)19/h4-7H,3,16H2,1-2H3. The van der Waals surface area contributed by atoms with Gasteiger partial charge in [0.1, 0.15) is 12.1 Å². The molecule has 6 heteroatoms. The van der Waals surface area contributed by atoms with E-state index in [1.807, 2.05) is 0 Å². The number of ketones is 1. The fourth-order valence-corrected chi connectivity index (χ4v) is 1.72. The minimum Gasteiger partial charge on any atom is -0.436 e. The van der Waals surface area contributed by atoms with Crippen molar-refractivity contribution in [3.8, 4) is 11.6 Å². The van der Waals surface area contributed by atoms with E-state index in [0.29, 0.717) is 12.1 Å². The van der Waals surface area contributed by atoms with E-state index < -0.39 is 5.82 Å². The third-order valence-electron chi connectivity index (χ3n) is 2.75. The summed E-state index contributed by atoms with van der Waals surface area (Å²) in [7, 11) is 0. The maximum Gasteiger partial charge on any atom is 0.259 e. The number of hydrogen-bond donors (Lipinski definition) is 1. The zero-order valence-electron chi connectivity index (χ0n) is 11.2. The van der Waals surface area contributed by atoms with Crippen LogP contribution < -0.4 is 10.5 Å². The number of nitrogens with two attached hydrogens (primary N) is 1. The number of carbonyl (C=O) groups is 1. The summed E-state index contributed by atoms with van der Waals surface area (Å²) in [5.74, 6) is -0.839. The van der Waals surface area contributed by atoms with Gasteiger partial charge in [0.05, 0.1) is 11.3 Å². The highest BCUT2D eigenvalue weighted by Gasteiger charge is 2.15. The van der Waals surface area contributed by atoms with Crippen LogP contribution in [0.3, 0.4) is 0 Å². The van der Waals surface area contributed by atoms with Gasteiger partial charge in [0.2, 0.25) is 5.82 Å². The first-order valence-electron chi connectivity index (χ1n) is 6.10. The lowest BCUT2D eigenvalue weighted by Gasteiger charge is -2.10. The van der Waals surface area contributed by atoms with E-state index in [1.165, 1.54) is 25.4 Å². The fraction of sp³-hybridized carbons (Fsp3) is 0.214. The Hall–Kier alpha value is -2.50. The lowest BCUT2D eigenvalue weighted by atomic mass is 10.1. The fourth-order valence-electron chi connectivity index (χ4n) is 1.72. The molecule has 104 valence electrons. The zero-order chi connectivity index (χ0) is 14.7. The molecular weight excluding hydrogens is 261 g/mol. The predicted molar refractivity (Wildman–Crippen MR) is 72.3 cm³/mol. The molecule has 0 bridgehead atoms. The first-order chi connectivity index (χ1) is 9.52. The van der Waals surface area contributed by atoms with Crippen LogP contribution in [0.4, 0.5) is 10.1 Å². The van der Waals surface area contributed by atoms with Crippen LogP contribution >= 0.6 is 0 Å². The molecule has 0 spiro atoms. The molecule has 1 aromatic carbocycles. The summed E-state index contributed by atoms with van der Waals surface area (Å²) in [6.45, 7) is 3.16. The molecule has 20 heavy (non-hydrogen) atoms. The van der Waals surface area contributed by atoms with Crippen LogP contribution in [0, 0.1) is 5.82 Å². The second-order valence-corrected chi connectivity index (χ2v) is 4.21. The molecule has 2 rings (SSSR count). The maximum atomic E-state index is 14.0. The van der Waals surface area contributed by atoms with Crippen molar-refractivity contribution in [3.05, 3.63) is 41.6 Å². The van der Waals surface area contributed by atoms with Crippen molar-refractivity contribution in [2.75, 3.05) is 5.73 Å². The molecule has 0 amide bonds. The van der Waals surface area contributed by atoms with Gasteiger partial charge in [0, 0.05) is 5.69 Å². The number of ether oxygens (including phenoxy) is 1. The van der Waals surface area contributed by atoms with Crippen LogP contribution in [-0.2, 0) is 6.42 Å². The van der Waals surface area contributed by atoms with E-state index in [2.05, 4.69) is 9.97 Å². The van der Waals surface area contributed by atoms with E-state index >= 15 is 0 Å². The number of halogens is 1. The zero-order valence-corrected chi connectivity index (χ0v) is 11.2. The molecule has 0 fully saturated rings. The molecule has 0 radical (unpaired) electrons. The minimum absolute atomic E-state index is 0.205. The quantitative estimate of drug-likeness (QED) is 0.685. The van der Waals surface area contributed by atoms with Gasteiger partial charge in [-0.25, -0.2) is 4.98 Å². The molecule has 0 aliphatic rings. The topological polar surface area (TPSA) is 78.1 Å². The Labute approximate surface area is 115 Å². The Morgan fingerprint density at radius 3 is 2.80 bits per heavy atom. The number of benzene rings is 1. The Morgan fingerprint density at radius 1 is 1.40 bits per heavy atom. The summed E-state index contributed by atoms with van der Waals surface area (Å²) in [5, 5.41) is 0. The number of anilines is 1. The van der Waals surface area contributed by atoms with Gasteiger partial charge in [-0.1, -0.05) is 6.92 Å². The SMILES string of the molecule is CCc1ncnc(Oc2ccc(N)cc2C(C)=O)c1F. The van der Waals surface area contributed by atoms with Crippen LogP contribution in [0.1, 0.15) is 29.9 Å².